The van der Waals surface area contributed by atoms with E-state index in [0.717, 1.165) is 38.9 Å². The molecule has 1 heterocycles. The van der Waals surface area contributed by atoms with Crippen LogP contribution in [-0.4, -0.2) is 31.2 Å². The third-order valence-corrected chi connectivity index (χ3v) is 3.04. The smallest absolute Gasteiger partial charge is 0.133 e. The van der Waals surface area contributed by atoms with Gasteiger partial charge in [-0.2, -0.15) is 0 Å². The molecule has 1 saturated carbocycles. The number of hydrogen-bond acceptors (Lipinski definition) is 3. The zero-order chi connectivity index (χ0) is 9.80. The molecule has 0 amide bonds. The first-order valence-corrected chi connectivity index (χ1v) is 5.59. The summed E-state index contributed by atoms with van der Waals surface area (Å²) < 4.78 is 11.2. The molecule has 2 fully saturated rings. The first kappa shape index (κ1) is 10.1. The summed E-state index contributed by atoms with van der Waals surface area (Å²) in [5.41, 5.74) is 0. The maximum Gasteiger partial charge on any atom is 0.133 e. The van der Waals surface area contributed by atoms with Gasteiger partial charge in [-0.3, -0.25) is 4.79 Å². The van der Waals surface area contributed by atoms with E-state index in [2.05, 4.69) is 0 Å². The van der Waals surface area contributed by atoms with Crippen LogP contribution in [0.1, 0.15) is 38.5 Å². The monoisotopic (exact) mass is 198 g/mol. The quantitative estimate of drug-likeness (QED) is 0.677. The summed E-state index contributed by atoms with van der Waals surface area (Å²) in [7, 11) is 0. The van der Waals surface area contributed by atoms with E-state index in [1.807, 2.05) is 0 Å². The van der Waals surface area contributed by atoms with Gasteiger partial charge in [-0.05, 0) is 25.7 Å². The number of carbonyl (C=O) groups excluding carboxylic acids is 1. The van der Waals surface area contributed by atoms with Gasteiger partial charge < -0.3 is 9.47 Å². The van der Waals surface area contributed by atoms with Crippen molar-refractivity contribution in [3.05, 3.63) is 0 Å². The van der Waals surface area contributed by atoms with Gasteiger partial charge in [0.05, 0.1) is 12.2 Å². The Bertz CT molecular complexity index is 187. The van der Waals surface area contributed by atoms with Gasteiger partial charge in [0.1, 0.15) is 5.78 Å². The Kier molecular flexibility index (Phi) is 3.54. The van der Waals surface area contributed by atoms with Crippen molar-refractivity contribution in [2.75, 3.05) is 13.2 Å². The molecule has 0 radical (unpaired) electrons. The van der Waals surface area contributed by atoms with Crippen LogP contribution < -0.4 is 0 Å². The molecule has 0 unspecified atom stereocenters. The third kappa shape index (κ3) is 2.79. The highest BCUT2D eigenvalue weighted by Gasteiger charge is 2.23. The van der Waals surface area contributed by atoms with Crippen LogP contribution in [-0.2, 0) is 14.3 Å². The topological polar surface area (TPSA) is 35.5 Å². The number of carbonyl (C=O) groups is 1. The second-order valence-corrected chi connectivity index (χ2v) is 4.19. The predicted molar refractivity (Wildman–Crippen MR) is 52.2 cm³/mol. The van der Waals surface area contributed by atoms with Crippen LogP contribution in [0.2, 0.25) is 0 Å². The SMILES string of the molecule is O=C1CCC(OC2CCOCC2)CC1. The van der Waals surface area contributed by atoms with Crippen LogP contribution in [0.3, 0.4) is 0 Å². The molecular formula is C11H18O3. The number of Topliss-reactive ketones (excluding diaryl/α,β-unsaturated/α-hetero) is 1. The summed E-state index contributed by atoms with van der Waals surface area (Å²) in [5, 5.41) is 0. The average Bonchev–Trinajstić information content (AvgIpc) is 2.23. The number of ketones is 1. The maximum atomic E-state index is 11.0. The zero-order valence-electron chi connectivity index (χ0n) is 8.54. The van der Waals surface area contributed by atoms with Crippen molar-refractivity contribution in [1.82, 2.24) is 0 Å². The van der Waals surface area contributed by atoms with Gasteiger partial charge in [0.15, 0.2) is 0 Å². The Morgan fingerprint density at radius 3 is 2.21 bits per heavy atom. The van der Waals surface area contributed by atoms with Crippen LogP contribution in [0.4, 0.5) is 0 Å². The van der Waals surface area contributed by atoms with Crippen LogP contribution in [0, 0.1) is 0 Å². The van der Waals surface area contributed by atoms with Crippen molar-refractivity contribution in [3.63, 3.8) is 0 Å². The van der Waals surface area contributed by atoms with Crippen molar-refractivity contribution in [2.24, 2.45) is 0 Å². The van der Waals surface area contributed by atoms with E-state index in [1.165, 1.54) is 0 Å². The lowest BCUT2D eigenvalue weighted by Crippen LogP contribution is -2.30. The fourth-order valence-electron chi connectivity index (χ4n) is 2.13. The van der Waals surface area contributed by atoms with Gasteiger partial charge in [0, 0.05) is 26.1 Å². The van der Waals surface area contributed by atoms with Crippen LogP contribution in [0.5, 0.6) is 0 Å². The van der Waals surface area contributed by atoms with Gasteiger partial charge >= 0.3 is 0 Å². The molecule has 0 aromatic rings. The molecule has 0 N–H and O–H groups in total. The second-order valence-electron chi connectivity index (χ2n) is 4.19. The van der Waals surface area contributed by atoms with E-state index in [0.29, 0.717) is 30.8 Å². The third-order valence-electron chi connectivity index (χ3n) is 3.04. The minimum atomic E-state index is 0.329. The summed E-state index contributed by atoms with van der Waals surface area (Å²) in [6.07, 6.45) is 6.03. The molecule has 2 rings (SSSR count). The maximum absolute atomic E-state index is 11.0. The molecule has 0 aromatic carbocycles. The molecule has 14 heavy (non-hydrogen) atoms. The fraction of sp³-hybridized carbons (Fsp3) is 0.909. The van der Waals surface area contributed by atoms with Gasteiger partial charge in [0.25, 0.3) is 0 Å². The second kappa shape index (κ2) is 4.89. The lowest BCUT2D eigenvalue weighted by atomic mass is 9.96. The van der Waals surface area contributed by atoms with Crippen molar-refractivity contribution in [3.8, 4) is 0 Å². The summed E-state index contributed by atoms with van der Waals surface area (Å²) in [5.74, 6) is 0.400. The Labute approximate surface area is 84.8 Å². The number of hydrogen-bond donors (Lipinski definition) is 0. The fourth-order valence-corrected chi connectivity index (χ4v) is 2.13. The normalized spacial score (nSPS) is 26.7. The molecule has 80 valence electrons. The summed E-state index contributed by atoms with van der Waals surface area (Å²) in [6.45, 7) is 1.66. The Hall–Kier alpha value is -0.410. The van der Waals surface area contributed by atoms with Crippen molar-refractivity contribution in [2.45, 2.75) is 50.7 Å². The highest BCUT2D eigenvalue weighted by Crippen LogP contribution is 2.22. The standard InChI is InChI=1S/C11H18O3/c12-9-1-3-10(4-2-9)14-11-5-7-13-8-6-11/h10-11H,1-8H2. The molecule has 0 spiro atoms. The van der Waals surface area contributed by atoms with E-state index in [9.17, 15) is 4.79 Å². The molecule has 1 aliphatic heterocycles. The molecular weight excluding hydrogens is 180 g/mol. The summed E-state index contributed by atoms with van der Waals surface area (Å²) in [4.78, 5) is 11.0. The summed E-state index contributed by atoms with van der Waals surface area (Å²) in [6, 6.07) is 0. The first-order valence-electron chi connectivity index (χ1n) is 5.59. The first-order chi connectivity index (χ1) is 6.84. The largest absolute Gasteiger partial charge is 0.381 e. The van der Waals surface area contributed by atoms with E-state index < -0.39 is 0 Å². The van der Waals surface area contributed by atoms with Crippen molar-refractivity contribution >= 4 is 5.78 Å². The van der Waals surface area contributed by atoms with Crippen LogP contribution in [0.25, 0.3) is 0 Å². The molecule has 2 aliphatic rings. The van der Waals surface area contributed by atoms with Crippen LogP contribution >= 0.6 is 0 Å². The molecule has 3 nitrogen and oxygen atoms in total. The number of ether oxygens (including phenoxy) is 2. The minimum absolute atomic E-state index is 0.329. The van der Waals surface area contributed by atoms with E-state index >= 15 is 0 Å². The predicted octanol–water partition coefficient (Wildman–Crippen LogP) is 1.69. The highest BCUT2D eigenvalue weighted by atomic mass is 16.5. The average molecular weight is 198 g/mol. The molecule has 1 aliphatic carbocycles. The lowest BCUT2D eigenvalue weighted by molar-refractivity contribution is -0.126. The van der Waals surface area contributed by atoms with Gasteiger partial charge in [-0.1, -0.05) is 0 Å². The Morgan fingerprint density at radius 2 is 1.57 bits per heavy atom. The van der Waals surface area contributed by atoms with Gasteiger partial charge in [-0.25, -0.2) is 0 Å². The lowest BCUT2D eigenvalue weighted by Gasteiger charge is -2.29. The van der Waals surface area contributed by atoms with Crippen LogP contribution in [0.15, 0.2) is 0 Å². The molecule has 3 heteroatoms. The Balaban J connectivity index is 1.71. The van der Waals surface area contributed by atoms with E-state index in [4.69, 9.17) is 9.47 Å². The molecule has 0 aromatic heterocycles. The van der Waals surface area contributed by atoms with E-state index in [-0.39, 0.29) is 0 Å². The highest BCUT2D eigenvalue weighted by molar-refractivity contribution is 5.79. The van der Waals surface area contributed by atoms with Crippen molar-refractivity contribution in [1.29, 1.82) is 0 Å². The minimum Gasteiger partial charge on any atom is -0.381 e. The number of rotatable bonds is 2. The molecule has 0 atom stereocenters. The van der Waals surface area contributed by atoms with Gasteiger partial charge in [0.2, 0.25) is 0 Å². The molecule has 0 bridgehead atoms. The summed E-state index contributed by atoms with van der Waals surface area (Å²) >= 11 is 0. The van der Waals surface area contributed by atoms with Gasteiger partial charge in [-0.15, -0.1) is 0 Å². The van der Waals surface area contributed by atoms with Crippen molar-refractivity contribution < 1.29 is 14.3 Å². The zero-order valence-corrected chi connectivity index (χ0v) is 8.54. The van der Waals surface area contributed by atoms with E-state index in [1.54, 1.807) is 0 Å². The molecule has 1 saturated heterocycles. The Morgan fingerprint density at radius 1 is 1.00 bits per heavy atom.